The van der Waals surface area contributed by atoms with Gasteiger partial charge in [0, 0.05) is 22.3 Å². The number of hydrogen-bond donors (Lipinski definition) is 2. The fraction of sp³-hybridized carbons (Fsp3) is 0.533. The molecule has 0 bridgehead atoms. The average Bonchev–Trinajstić information content (AvgIpc) is 2.95. The van der Waals surface area contributed by atoms with Gasteiger partial charge in [0.05, 0.1) is 24.4 Å². The van der Waals surface area contributed by atoms with Crippen LogP contribution in [0.1, 0.15) is 18.4 Å². The average molecular weight is 443 g/mol. The summed E-state index contributed by atoms with van der Waals surface area (Å²) in [6.45, 7) is -0.878. The van der Waals surface area contributed by atoms with E-state index in [1.54, 1.807) is 0 Å². The van der Waals surface area contributed by atoms with Gasteiger partial charge in [0.25, 0.3) is 0 Å². The molecule has 1 unspecified atom stereocenters. The van der Waals surface area contributed by atoms with Gasteiger partial charge in [-0.2, -0.15) is 0 Å². The number of phosphoric acid groups is 1. The van der Waals surface area contributed by atoms with Gasteiger partial charge < -0.3 is 14.5 Å². The Morgan fingerprint density at radius 1 is 1.29 bits per heavy atom. The minimum atomic E-state index is -4.77. The predicted molar refractivity (Wildman–Crippen MR) is 91.9 cm³/mol. The highest BCUT2D eigenvalue weighted by Crippen LogP contribution is 2.41. The van der Waals surface area contributed by atoms with E-state index in [1.807, 2.05) is 0 Å². The number of hydrogen-bond acceptors (Lipinski definition) is 5. The summed E-state index contributed by atoms with van der Waals surface area (Å²) in [7, 11) is -5.99. The van der Waals surface area contributed by atoms with Crippen LogP contribution in [-0.2, 0) is 30.3 Å². The van der Waals surface area contributed by atoms with Crippen LogP contribution in [-0.4, -0.2) is 50.9 Å². The molecule has 2 aliphatic rings. The first-order valence-corrected chi connectivity index (χ1v) is 11.2. The number of carbonyl (C=O) groups excluding carboxylic acids is 1. The second-order valence-corrected chi connectivity index (χ2v) is 9.44. The molecule has 8 nitrogen and oxygen atoms in total. The quantitative estimate of drug-likeness (QED) is 0.670. The van der Waals surface area contributed by atoms with Crippen molar-refractivity contribution in [2.75, 3.05) is 29.6 Å². The van der Waals surface area contributed by atoms with Crippen LogP contribution in [0.25, 0.3) is 0 Å². The molecule has 2 saturated heterocycles. The van der Waals surface area contributed by atoms with E-state index in [0.29, 0.717) is 0 Å². The zero-order valence-electron chi connectivity index (χ0n) is 14.3. The van der Waals surface area contributed by atoms with Gasteiger partial charge in [0.15, 0.2) is 0 Å². The zero-order valence-corrected chi connectivity index (χ0v) is 16.1. The van der Waals surface area contributed by atoms with Crippen LogP contribution >= 0.6 is 7.82 Å². The van der Waals surface area contributed by atoms with E-state index in [0.717, 1.165) is 17.0 Å². The van der Waals surface area contributed by atoms with Crippen molar-refractivity contribution in [3.8, 4) is 0 Å². The molecule has 156 valence electrons. The van der Waals surface area contributed by atoms with Crippen molar-refractivity contribution in [2.24, 2.45) is 0 Å². The van der Waals surface area contributed by atoms with E-state index in [1.165, 1.54) is 0 Å². The monoisotopic (exact) mass is 443 g/mol. The first-order valence-electron chi connectivity index (χ1n) is 8.20. The third-order valence-electron chi connectivity index (χ3n) is 4.54. The SMILES string of the molecule is O=C1OC(COP(=O)(O)O)CN1c1cc(F)c(C2(F)CCS(=O)CC2)c(F)c1. The number of cyclic esters (lactones) is 1. The van der Waals surface area contributed by atoms with Crippen LogP contribution in [0.15, 0.2) is 12.1 Å². The van der Waals surface area contributed by atoms with Crippen molar-refractivity contribution in [3.05, 3.63) is 29.3 Å². The van der Waals surface area contributed by atoms with Crippen LogP contribution in [0.4, 0.5) is 23.7 Å². The molecular formula is C15H17F3NO7PS. The molecule has 1 amide bonds. The number of anilines is 1. The number of ether oxygens (including phenoxy) is 1. The zero-order chi connectivity index (χ0) is 20.7. The molecule has 2 N–H and O–H groups in total. The van der Waals surface area contributed by atoms with Crippen LogP contribution in [0.5, 0.6) is 0 Å². The minimum absolute atomic E-state index is 0.00314. The number of benzene rings is 1. The lowest BCUT2D eigenvalue weighted by Gasteiger charge is -2.30. The molecular weight excluding hydrogens is 426 g/mol. The van der Waals surface area contributed by atoms with Crippen molar-refractivity contribution in [3.63, 3.8) is 0 Å². The van der Waals surface area contributed by atoms with Gasteiger partial charge in [0.2, 0.25) is 0 Å². The van der Waals surface area contributed by atoms with Crippen molar-refractivity contribution in [1.29, 1.82) is 0 Å². The summed E-state index contributed by atoms with van der Waals surface area (Å²) in [5, 5.41) is 0. The van der Waals surface area contributed by atoms with E-state index >= 15 is 4.39 Å². The molecule has 2 heterocycles. The number of amides is 1. The maximum absolute atomic E-state index is 15.0. The fourth-order valence-corrected chi connectivity index (χ4v) is 4.84. The number of nitrogens with zero attached hydrogens (tertiary/aromatic N) is 1. The van der Waals surface area contributed by atoms with Crippen molar-refractivity contribution < 1.29 is 45.8 Å². The summed E-state index contributed by atoms with van der Waals surface area (Å²) >= 11 is 0. The summed E-state index contributed by atoms with van der Waals surface area (Å²) < 4.78 is 75.4. The Morgan fingerprint density at radius 3 is 2.39 bits per heavy atom. The van der Waals surface area contributed by atoms with E-state index in [2.05, 4.69) is 4.52 Å². The summed E-state index contributed by atoms with van der Waals surface area (Å²) in [6, 6.07) is 1.58. The van der Waals surface area contributed by atoms with Crippen LogP contribution < -0.4 is 4.90 Å². The van der Waals surface area contributed by atoms with Crippen LogP contribution in [0, 0.1) is 11.6 Å². The van der Waals surface area contributed by atoms with E-state index in [9.17, 15) is 22.3 Å². The Balaban J connectivity index is 1.80. The highest BCUT2D eigenvalue weighted by Gasteiger charge is 2.42. The summed E-state index contributed by atoms with van der Waals surface area (Å²) in [4.78, 5) is 30.1. The Kier molecular flexibility index (Phi) is 5.88. The Labute approximate surface area is 160 Å². The fourth-order valence-electron chi connectivity index (χ4n) is 3.17. The van der Waals surface area contributed by atoms with Gasteiger partial charge >= 0.3 is 13.9 Å². The second kappa shape index (κ2) is 7.75. The predicted octanol–water partition coefficient (Wildman–Crippen LogP) is 2.11. The van der Waals surface area contributed by atoms with Crippen molar-refractivity contribution >= 4 is 30.4 Å². The molecule has 1 aromatic rings. The number of carbonyl (C=O) groups is 1. The summed E-state index contributed by atoms with van der Waals surface area (Å²) in [5.41, 5.74) is -3.28. The first kappa shape index (κ1) is 21.3. The normalized spacial score (nSPS) is 28.5. The van der Waals surface area contributed by atoms with Crippen molar-refractivity contribution in [1.82, 2.24) is 0 Å². The lowest BCUT2D eigenvalue weighted by Crippen LogP contribution is -2.33. The van der Waals surface area contributed by atoms with Gasteiger partial charge in [-0.25, -0.2) is 22.5 Å². The molecule has 1 aromatic carbocycles. The highest BCUT2D eigenvalue weighted by molar-refractivity contribution is 7.85. The molecule has 1 atom stereocenters. The van der Waals surface area contributed by atoms with Gasteiger partial charge in [-0.05, 0) is 25.0 Å². The maximum atomic E-state index is 15.0. The molecule has 3 rings (SSSR count). The lowest BCUT2D eigenvalue weighted by molar-refractivity contribution is 0.0880. The summed E-state index contributed by atoms with van der Waals surface area (Å²) in [5.74, 6) is -2.38. The number of rotatable bonds is 5. The summed E-state index contributed by atoms with van der Waals surface area (Å²) in [6.07, 6.45) is -2.61. The molecule has 0 aliphatic carbocycles. The van der Waals surface area contributed by atoms with Gasteiger partial charge in [-0.3, -0.25) is 13.6 Å². The van der Waals surface area contributed by atoms with Gasteiger partial charge in [0.1, 0.15) is 23.4 Å². The molecule has 28 heavy (non-hydrogen) atoms. The number of alkyl halides is 1. The molecule has 0 spiro atoms. The van der Waals surface area contributed by atoms with Crippen LogP contribution in [0.3, 0.4) is 0 Å². The minimum Gasteiger partial charge on any atom is -0.441 e. The van der Waals surface area contributed by atoms with Gasteiger partial charge in [-0.15, -0.1) is 0 Å². The lowest BCUT2D eigenvalue weighted by atomic mass is 9.89. The number of halogens is 3. The molecule has 0 radical (unpaired) electrons. The second-order valence-electron chi connectivity index (χ2n) is 6.50. The smallest absolute Gasteiger partial charge is 0.441 e. The van der Waals surface area contributed by atoms with E-state index < -0.39 is 60.3 Å². The largest absolute Gasteiger partial charge is 0.469 e. The van der Waals surface area contributed by atoms with E-state index in [-0.39, 0.29) is 36.6 Å². The molecule has 2 fully saturated rings. The molecule has 13 heteroatoms. The van der Waals surface area contributed by atoms with Crippen LogP contribution in [0.2, 0.25) is 0 Å². The maximum Gasteiger partial charge on any atom is 0.469 e. The molecule has 0 saturated carbocycles. The third kappa shape index (κ3) is 4.57. The van der Waals surface area contributed by atoms with Gasteiger partial charge in [-0.1, -0.05) is 0 Å². The Bertz CT molecular complexity index is 831. The topological polar surface area (TPSA) is 113 Å². The number of phosphoric ester groups is 1. The van der Waals surface area contributed by atoms with E-state index in [4.69, 9.17) is 14.5 Å². The standard InChI is InChI=1S/C15H17F3NO7PS/c16-11-5-9(19-7-10(26-14(19)20)8-25-27(21,22)23)6-12(17)13(11)15(18)1-3-28(24)4-2-15/h5-6,10H,1-4,7-8H2,(H2,21,22,23). The molecule has 2 aliphatic heterocycles. The molecule has 0 aromatic heterocycles. The first-order chi connectivity index (χ1) is 13.0. The highest BCUT2D eigenvalue weighted by atomic mass is 32.2. The third-order valence-corrected chi connectivity index (χ3v) is 6.35. The van der Waals surface area contributed by atoms with Crippen molar-refractivity contribution in [2.45, 2.75) is 24.6 Å². The Hall–Kier alpha value is -1.46. The Morgan fingerprint density at radius 2 is 1.86 bits per heavy atom.